The summed E-state index contributed by atoms with van der Waals surface area (Å²) >= 11 is 0. The van der Waals surface area contributed by atoms with E-state index in [1.165, 1.54) is 22.8 Å². The van der Waals surface area contributed by atoms with E-state index in [9.17, 15) is 13.7 Å². The molecule has 0 aliphatic heterocycles. The van der Waals surface area contributed by atoms with E-state index < -0.39 is 138 Å². The third-order valence-corrected chi connectivity index (χ3v) is 10.1. The smallest absolute Gasteiger partial charge is 0.143 e. The molecule has 0 saturated carbocycles. The molecule has 0 atom stereocenters. The Labute approximate surface area is 358 Å². The highest BCUT2D eigenvalue weighted by atomic mass is 16.3. The molecular weight excluding hydrogens is 693 g/mol. The highest BCUT2D eigenvalue weighted by Crippen LogP contribution is 2.42. The van der Waals surface area contributed by atoms with E-state index in [0.29, 0.717) is 5.69 Å². The van der Waals surface area contributed by atoms with Crippen LogP contribution in [0.1, 0.15) is 28.8 Å². The summed E-state index contributed by atoms with van der Waals surface area (Å²) in [7, 11) is 0. The number of aromatic nitrogens is 2. The first-order valence-corrected chi connectivity index (χ1v) is 17.8. The van der Waals surface area contributed by atoms with Crippen LogP contribution in [0, 0.1) is 0 Å². The summed E-state index contributed by atoms with van der Waals surface area (Å²) in [6, 6.07) is 8.63. The van der Waals surface area contributed by atoms with Crippen LogP contribution in [0.4, 0.5) is 0 Å². The van der Waals surface area contributed by atoms with Gasteiger partial charge >= 0.3 is 0 Å². The maximum Gasteiger partial charge on any atom is 0.143 e. The first kappa shape index (κ1) is 17.5. The van der Waals surface area contributed by atoms with Gasteiger partial charge in [0.25, 0.3) is 0 Å². The molecule has 0 unspecified atom stereocenters. The van der Waals surface area contributed by atoms with E-state index in [4.69, 9.17) is 19.5 Å². The third kappa shape index (κ3) is 4.86. The van der Waals surface area contributed by atoms with Gasteiger partial charge in [-0.3, -0.25) is 0 Å². The summed E-state index contributed by atoms with van der Waals surface area (Å²) in [4.78, 5) is 0. The second kappa shape index (κ2) is 12.5. The Hall–Kier alpha value is -7.62. The van der Waals surface area contributed by atoms with E-state index in [2.05, 4.69) is 0 Å². The van der Waals surface area contributed by atoms with Crippen LogP contribution >= 0.6 is 0 Å². The molecule has 0 N–H and O–H groups in total. The Morgan fingerprint density at radius 3 is 2.02 bits per heavy atom. The number of benzene rings is 9. The standard InChI is InChI=1S/C54H34N2O/c1-3-14-35(15-4-1)37-18-11-19-39(32-37)56-49-26-10-8-21-46(49)53-41(22-13-27-51(53)56)38-28-31-50-47(33-38)43-20-7-9-25-48(43)55(50)40-29-30-44-45-24-12-23-42(36-16-5-2-6-17-36)54(45)57-52(44)34-40/h1-34H/i5D,6D,7D,8D,9D,10D,12D,13D,16D,17D,20D,22D,23D,24D,25D,26D,27D,28D,30D,31D,33D. The van der Waals surface area contributed by atoms with Crippen molar-refractivity contribution in [2.24, 2.45) is 0 Å². The topological polar surface area (TPSA) is 23.0 Å². The summed E-state index contributed by atoms with van der Waals surface area (Å²) in [6.45, 7) is 0. The quantitative estimate of drug-likeness (QED) is 0.172. The molecule has 0 saturated heterocycles. The van der Waals surface area contributed by atoms with Gasteiger partial charge < -0.3 is 13.6 Å². The van der Waals surface area contributed by atoms with E-state index >= 15 is 0 Å². The Morgan fingerprint density at radius 2 is 1.11 bits per heavy atom. The predicted molar refractivity (Wildman–Crippen MR) is 239 cm³/mol. The van der Waals surface area contributed by atoms with E-state index in [1.807, 2.05) is 36.4 Å². The van der Waals surface area contributed by atoms with Gasteiger partial charge in [0.05, 0.1) is 50.9 Å². The molecule has 0 radical (unpaired) electrons. The highest BCUT2D eigenvalue weighted by Gasteiger charge is 2.20. The largest absolute Gasteiger partial charge is 0.455 e. The molecule has 3 heteroatoms. The number of furan rings is 1. The van der Waals surface area contributed by atoms with E-state index in [1.54, 1.807) is 18.2 Å². The van der Waals surface area contributed by atoms with E-state index in [-0.39, 0.29) is 82.4 Å². The van der Waals surface area contributed by atoms with Crippen LogP contribution in [0.3, 0.4) is 0 Å². The van der Waals surface area contributed by atoms with Gasteiger partial charge in [-0.1, -0.05) is 145 Å². The zero-order valence-corrected chi connectivity index (χ0v) is 29.3. The fourth-order valence-corrected chi connectivity index (χ4v) is 7.68. The molecule has 0 aliphatic rings. The van der Waals surface area contributed by atoms with Crippen LogP contribution in [0.2, 0.25) is 0 Å². The van der Waals surface area contributed by atoms with Crippen LogP contribution in [0.5, 0.6) is 0 Å². The first-order valence-electron chi connectivity index (χ1n) is 28.3. The van der Waals surface area contributed by atoms with Gasteiger partial charge in [-0.25, -0.2) is 0 Å². The van der Waals surface area contributed by atoms with Crippen molar-refractivity contribution in [3.8, 4) is 44.8 Å². The van der Waals surface area contributed by atoms with Gasteiger partial charge in [0, 0.05) is 55.3 Å². The van der Waals surface area contributed by atoms with Crippen molar-refractivity contribution >= 4 is 65.6 Å². The third-order valence-electron chi connectivity index (χ3n) is 10.1. The SMILES string of the molecule is [2H]c1cc([2H])c([2H])c(-c2c([2H])c([2H])c([2H])c3c2oc2cc(-n4c5c([2H])c([2H])c([2H])c([2H])c5c5c([2H])c(-c6c([2H])c([2H])c([2H])c7c6c6cc([2H])c([2H])c([2H])c6n7-c6cccc(-c7ccccc7)c6)c([2H])c([2H])c54)cc([2H])c23)c1[2H]. The molecule has 12 aromatic rings. The van der Waals surface area contributed by atoms with Crippen LogP contribution in [-0.2, 0) is 0 Å². The van der Waals surface area contributed by atoms with Gasteiger partial charge in [-0.15, -0.1) is 0 Å². The van der Waals surface area contributed by atoms with Gasteiger partial charge in [-0.2, -0.15) is 0 Å². The number of hydrogen-bond donors (Lipinski definition) is 0. The average molecular weight is 748 g/mol. The first-order chi connectivity index (χ1) is 37.0. The molecule has 0 bridgehead atoms. The van der Waals surface area contributed by atoms with Crippen molar-refractivity contribution in [1.82, 2.24) is 9.13 Å². The monoisotopic (exact) mass is 747 g/mol. The molecule has 266 valence electrons. The van der Waals surface area contributed by atoms with Gasteiger partial charge in [0.15, 0.2) is 0 Å². The maximum absolute atomic E-state index is 10.1. The van der Waals surface area contributed by atoms with Gasteiger partial charge in [0.2, 0.25) is 0 Å². The Kier molecular flexibility index (Phi) is 3.81. The van der Waals surface area contributed by atoms with E-state index in [0.717, 1.165) is 21.8 Å². The fourth-order valence-electron chi connectivity index (χ4n) is 7.68. The second-order valence-corrected chi connectivity index (χ2v) is 13.3. The zero-order chi connectivity index (χ0) is 55.7. The molecule has 12 rings (SSSR count). The molecule has 9 aromatic carbocycles. The molecule has 3 aromatic heterocycles. The molecule has 57 heavy (non-hydrogen) atoms. The van der Waals surface area contributed by atoms with Gasteiger partial charge in [-0.05, 0) is 82.3 Å². The lowest BCUT2D eigenvalue weighted by Crippen LogP contribution is -1.94. The van der Waals surface area contributed by atoms with Crippen LogP contribution in [0.15, 0.2) is 210 Å². The summed E-state index contributed by atoms with van der Waals surface area (Å²) < 4.78 is 200. The minimum atomic E-state index is -0.742. The average Bonchev–Trinajstić information content (AvgIpc) is 3.30. The fraction of sp³-hybridized carbons (Fsp3) is 0. The predicted octanol–water partition coefficient (Wildman–Crippen LogP) is 14.8. The molecule has 3 heterocycles. The Bertz CT molecular complexity index is 4730. The molecule has 3 nitrogen and oxygen atoms in total. The minimum absolute atomic E-state index is 0.00738. The lowest BCUT2D eigenvalue weighted by atomic mass is 9.98. The summed E-state index contributed by atoms with van der Waals surface area (Å²) in [6.07, 6.45) is 0. The zero-order valence-electron chi connectivity index (χ0n) is 50.3. The molecule has 0 aliphatic carbocycles. The normalized spacial score (nSPS) is 17.0. The molecule has 0 amide bonds. The van der Waals surface area contributed by atoms with Crippen LogP contribution < -0.4 is 0 Å². The number of nitrogens with zero attached hydrogens (tertiary/aromatic N) is 2. The Balaban J connectivity index is 1.21. The lowest BCUT2D eigenvalue weighted by Gasteiger charge is -2.11. The van der Waals surface area contributed by atoms with Crippen molar-refractivity contribution in [1.29, 1.82) is 0 Å². The van der Waals surface area contributed by atoms with Crippen LogP contribution in [-0.4, -0.2) is 9.13 Å². The number of hydrogen-bond acceptors (Lipinski definition) is 1. The molecule has 0 spiro atoms. The van der Waals surface area contributed by atoms with Gasteiger partial charge in [0.1, 0.15) is 11.2 Å². The lowest BCUT2D eigenvalue weighted by molar-refractivity contribution is 0.669. The summed E-state index contributed by atoms with van der Waals surface area (Å²) in [5.41, 5.74) is -1.06. The minimum Gasteiger partial charge on any atom is -0.455 e. The van der Waals surface area contributed by atoms with Crippen molar-refractivity contribution in [2.45, 2.75) is 0 Å². The van der Waals surface area contributed by atoms with Crippen molar-refractivity contribution < 1.29 is 33.2 Å². The summed E-state index contributed by atoms with van der Waals surface area (Å²) in [5.74, 6) is 0. The number of fused-ring (bicyclic) bond motifs is 9. The second-order valence-electron chi connectivity index (χ2n) is 13.3. The Morgan fingerprint density at radius 1 is 0.386 bits per heavy atom. The van der Waals surface area contributed by atoms with Crippen molar-refractivity contribution in [3.63, 3.8) is 0 Å². The summed E-state index contributed by atoms with van der Waals surface area (Å²) in [5, 5.41) is -0.931. The molecule has 0 fully saturated rings. The van der Waals surface area contributed by atoms with Crippen molar-refractivity contribution in [2.75, 3.05) is 0 Å². The number of rotatable bonds is 5. The molecular formula is C54H34N2O. The highest BCUT2D eigenvalue weighted by molar-refractivity contribution is 6.18. The van der Waals surface area contributed by atoms with Crippen LogP contribution in [0.25, 0.3) is 110 Å². The van der Waals surface area contributed by atoms with Crippen molar-refractivity contribution in [3.05, 3.63) is 206 Å². The maximum atomic E-state index is 10.1. The number of para-hydroxylation sites is 3.